The first-order valence-electron chi connectivity index (χ1n) is 8.23. The Morgan fingerprint density at radius 2 is 1.69 bits per heavy atom. The van der Waals surface area contributed by atoms with Crippen LogP contribution >= 0.6 is 0 Å². The molecule has 0 saturated carbocycles. The van der Waals surface area contributed by atoms with E-state index < -0.39 is 28.0 Å². The average Bonchev–Trinajstić information content (AvgIpc) is 2.61. The zero-order valence-electron chi connectivity index (χ0n) is 14.6. The fourth-order valence-electron chi connectivity index (χ4n) is 2.56. The van der Waals surface area contributed by atoms with Gasteiger partial charge in [-0.15, -0.1) is 0 Å². The lowest BCUT2D eigenvalue weighted by atomic mass is 10.2. The molecular weight excluding hydrogens is 365 g/mol. The maximum Gasteiger partial charge on any atom is 0.409 e. The van der Waals surface area contributed by atoms with Gasteiger partial charge in [0.05, 0.1) is 17.5 Å². The van der Waals surface area contributed by atoms with E-state index in [0.717, 1.165) is 24.3 Å². The van der Waals surface area contributed by atoms with Gasteiger partial charge in [-0.05, 0) is 38.1 Å². The highest BCUT2D eigenvalue weighted by molar-refractivity contribution is 7.89. The fourth-order valence-corrected chi connectivity index (χ4v) is 3.76. The Bertz CT molecular complexity index is 746. The minimum absolute atomic E-state index is 0.120. The van der Waals surface area contributed by atoms with Gasteiger partial charge >= 0.3 is 6.09 Å². The summed E-state index contributed by atoms with van der Waals surface area (Å²) in [5.74, 6) is -0.938. The van der Waals surface area contributed by atoms with Crippen molar-refractivity contribution in [2.45, 2.75) is 24.8 Å². The Labute approximate surface area is 152 Å². The summed E-state index contributed by atoms with van der Waals surface area (Å²) in [6.45, 7) is 4.67. The summed E-state index contributed by atoms with van der Waals surface area (Å²) in [6.07, 6.45) is -0.426. The number of ether oxygens (including phenoxy) is 1. The molecule has 1 aromatic rings. The second-order valence-corrected chi connectivity index (χ2v) is 7.52. The molecule has 144 valence electrons. The first-order valence-corrected chi connectivity index (χ1v) is 9.71. The van der Waals surface area contributed by atoms with E-state index in [1.807, 2.05) is 0 Å². The van der Waals surface area contributed by atoms with Gasteiger partial charge in [0.2, 0.25) is 15.9 Å². The molecule has 1 aliphatic heterocycles. The summed E-state index contributed by atoms with van der Waals surface area (Å²) < 4.78 is 44.7. The highest BCUT2D eigenvalue weighted by atomic mass is 32.2. The number of hydrogen-bond donors (Lipinski definition) is 1. The number of rotatable bonds is 5. The predicted octanol–water partition coefficient (Wildman–Crippen LogP) is 0.793. The highest BCUT2D eigenvalue weighted by Crippen LogP contribution is 2.12. The molecule has 1 saturated heterocycles. The largest absolute Gasteiger partial charge is 0.450 e. The molecule has 8 nitrogen and oxygen atoms in total. The Hall–Kier alpha value is -2.20. The number of sulfonamides is 1. The molecule has 26 heavy (non-hydrogen) atoms. The van der Waals surface area contributed by atoms with Crippen LogP contribution in [0.5, 0.6) is 0 Å². The number of piperazine rings is 1. The third-order valence-corrected chi connectivity index (χ3v) is 5.50. The molecule has 0 aromatic heterocycles. The van der Waals surface area contributed by atoms with Gasteiger partial charge in [-0.2, -0.15) is 4.72 Å². The lowest BCUT2D eigenvalue weighted by Crippen LogP contribution is -2.55. The van der Waals surface area contributed by atoms with Crippen molar-refractivity contribution in [2.75, 3.05) is 32.8 Å². The predicted molar refractivity (Wildman–Crippen MR) is 91.4 cm³/mol. The summed E-state index contributed by atoms with van der Waals surface area (Å²) in [4.78, 5) is 27.0. The van der Waals surface area contributed by atoms with Gasteiger partial charge in [-0.3, -0.25) is 4.79 Å². The molecule has 1 atom stereocenters. The minimum atomic E-state index is -3.94. The SMILES string of the molecule is CCOC(=O)N1CCN(C(=O)[C@@H](C)NS(=O)(=O)c2ccc(F)cc2)CC1. The van der Waals surface area contributed by atoms with Crippen molar-refractivity contribution in [3.63, 3.8) is 0 Å². The maximum atomic E-state index is 12.9. The van der Waals surface area contributed by atoms with Crippen LogP contribution in [-0.2, 0) is 19.6 Å². The summed E-state index contributed by atoms with van der Waals surface area (Å²) in [5, 5.41) is 0. The zero-order valence-corrected chi connectivity index (χ0v) is 15.5. The number of nitrogens with zero attached hydrogens (tertiary/aromatic N) is 2. The standard InChI is InChI=1S/C16H22FN3O5S/c1-3-25-16(22)20-10-8-19(9-11-20)15(21)12(2)18-26(23,24)14-6-4-13(17)5-7-14/h4-7,12,18H,3,8-11H2,1-2H3/t12-/m1/s1. The van der Waals surface area contributed by atoms with Crippen LogP contribution in [0.4, 0.5) is 9.18 Å². The molecule has 0 bridgehead atoms. The van der Waals surface area contributed by atoms with Gasteiger partial charge in [0.1, 0.15) is 5.82 Å². The zero-order chi connectivity index (χ0) is 19.3. The lowest BCUT2D eigenvalue weighted by molar-refractivity contribution is -0.134. The first kappa shape index (κ1) is 20.1. The van der Waals surface area contributed by atoms with Crippen molar-refractivity contribution < 1.29 is 27.1 Å². The van der Waals surface area contributed by atoms with Crippen molar-refractivity contribution in [2.24, 2.45) is 0 Å². The number of benzene rings is 1. The molecule has 1 heterocycles. The first-order chi connectivity index (χ1) is 12.2. The fraction of sp³-hybridized carbons (Fsp3) is 0.500. The second kappa shape index (κ2) is 8.45. The normalized spacial score (nSPS) is 16.3. The summed E-state index contributed by atoms with van der Waals surface area (Å²) >= 11 is 0. The summed E-state index contributed by atoms with van der Waals surface area (Å²) in [5.41, 5.74) is 0. The molecule has 0 spiro atoms. The van der Waals surface area contributed by atoms with Crippen LogP contribution in [0.1, 0.15) is 13.8 Å². The molecule has 1 fully saturated rings. The van der Waals surface area contributed by atoms with Crippen molar-refractivity contribution in [3.05, 3.63) is 30.1 Å². The molecular formula is C16H22FN3O5S. The number of carbonyl (C=O) groups is 2. The van der Waals surface area contributed by atoms with E-state index >= 15 is 0 Å². The van der Waals surface area contributed by atoms with E-state index in [-0.39, 0.29) is 17.4 Å². The van der Waals surface area contributed by atoms with Gasteiger partial charge in [-0.1, -0.05) is 0 Å². The Morgan fingerprint density at radius 3 is 2.23 bits per heavy atom. The van der Waals surface area contributed by atoms with E-state index in [1.54, 1.807) is 6.92 Å². The van der Waals surface area contributed by atoms with Crippen LogP contribution < -0.4 is 4.72 Å². The third-order valence-electron chi connectivity index (χ3n) is 3.94. The van der Waals surface area contributed by atoms with Crippen molar-refractivity contribution >= 4 is 22.0 Å². The molecule has 1 aliphatic rings. The number of carbonyl (C=O) groups excluding carboxylic acids is 2. The third kappa shape index (κ3) is 4.92. The van der Waals surface area contributed by atoms with Gasteiger partial charge < -0.3 is 14.5 Å². The maximum absolute atomic E-state index is 12.9. The molecule has 10 heteroatoms. The van der Waals surface area contributed by atoms with Crippen LogP contribution in [0.25, 0.3) is 0 Å². The van der Waals surface area contributed by atoms with E-state index in [1.165, 1.54) is 16.7 Å². The van der Waals surface area contributed by atoms with Crippen LogP contribution in [-0.4, -0.2) is 69.0 Å². The molecule has 0 radical (unpaired) electrons. The number of halogens is 1. The Morgan fingerprint density at radius 1 is 1.15 bits per heavy atom. The monoisotopic (exact) mass is 387 g/mol. The summed E-state index contributed by atoms with van der Waals surface area (Å²) in [7, 11) is -3.94. The van der Waals surface area contributed by atoms with E-state index in [2.05, 4.69) is 4.72 Å². The molecule has 1 aromatic carbocycles. The van der Waals surface area contributed by atoms with Crippen LogP contribution in [0, 0.1) is 5.82 Å². The van der Waals surface area contributed by atoms with Crippen molar-refractivity contribution in [1.82, 2.24) is 14.5 Å². The smallest absolute Gasteiger partial charge is 0.409 e. The molecule has 0 unspecified atom stereocenters. The molecule has 2 amide bonds. The van der Waals surface area contributed by atoms with Crippen LogP contribution in [0.2, 0.25) is 0 Å². The van der Waals surface area contributed by atoms with Crippen molar-refractivity contribution in [3.8, 4) is 0 Å². The summed E-state index contributed by atoms with van der Waals surface area (Å²) in [6, 6.07) is 3.35. The van der Waals surface area contributed by atoms with E-state index in [9.17, 15) is 22.4 Å². The number of amides is 2. The lowest BCUT2D eigenvalue weighted by Gasteiger charge is -2.35. The van der Waals surface area contributed by atoms with Crippen LogP contribution in [0.3, 0.4) is 0 Å². The van der Waals surface area contributed by atoms with E-state index in [0.29, 0.717) is 26.2 Å². The minimum Gasteiger partial charge on any atom is -0.450 e. The quantitative estimate of drug-likeness (QED) is 0.806. The Kier molecular flexibility index (Phi) is 6.54. The second-order valence-electron chi connectivity index (χ2n) is 5.81. The topological polar surface area (TPSA) is 96.0 Å². The molecule has 2 rings (SSSR count). The number of nitrogens with one attached hydrogen (secondary N) is 1. The average molecular weight is 387 g/mol. The highest BCUT2D eigenvalue weighted by Gasteiger charge is 2.29. The van der Waals surface area contributed by atoms with Crippen molar-refractivity contribution in [1.29, 1.82) is 0 Å². The van der Waals surface area contributed by atoms with Gasteiger partial charge in [0, 0.05) is 26.2 Å². The molecule has 0 aliphatic carbocycles. The Balaban J connectivity index is 1.93. The molecule has 1 N–H and O–H groups in total. The van der Waals surface area contributed by atoms with Crippen LogP contribution in [0.15, 0.2) is 29.2 Å². The van der Waals surface area contributed by atoms with E-state index in [4.69, 9.17) is 4.74 Å². The number of hydrogen-bond acceptors (Lipinski definition) is 5. The van der Waals surface area contributed by atoms with Gasteiger partial charge in [0.15, 0.2) is 0 Å². The van der Waals surface area contributed by atoms with Gasteiger partial charge in [-0.25, -0.2) is 17.6 Å². The van der Waals surface area contributed by atoms with Gasteiger partial charge in [0.25, 0.3) is 0 Å².